The van der Waals surface area contributed by atoms with Crippen LogP contribution in [-0.2, 0) is 0 Å². The van der Waals surface area contributed by atoms with Gasteiger partial charge in [0.15, 0.2) is 5.78 Å². The van der Waals surface area contributed by atoms with E-state index >= 15 is 0 Å². The summed E-state index contributed by atoms with van der Waals surface area (Å²) in [6.07, 6.45) is 7.39. The van der Waals surface area contributed by atoms with Crippen LogP contribution in [0.3, 0.4) is 0 Å². The molecule has 4 aromatic rings. The monoisotopic (exact) mass is 429 g/mol. The van der Waals surface area contributed by atoms with E-state index in [2.05, 4.69) is 25.6 Å². The van der Waals surface area contributed by atoms with Crippen LogP contribution in [-0.4, -0.2) is 47.8 Å². The van der Waals surface area contributed by atoms with Crippen LogP contribution < -0.4 is 5.43 Å². The maximum atomic E-state index is 13.9. The van der Waals surface area contributed by atoms with Gasteiger partial charge in [-0.2, -0.15) is 15.0 Å². The molecule has 0 amide bonds. The Bertz CT molecular complexity index is 1310. The Balaban J connectivity index is 1.26. The number of aromatic nitrogens is 5. The van der Waals surface area contributed by atoms with Crippen LogP contribution in [0, 0.1) is 5.82 Å². The van der Waals surface area contributed by atoms with Gasteiger partial charge in [0.1, 0.15) is 5.82 Å². The highest BCUT2D eigenvalue weighted by Crippen LogP contribution is 2.41. The van der Waals surface area contributed by atoms with Crippen molar-refractivity contribution < 1.29 is 9.18 Å². The van der Waals surface area contributed by atoms with E-state index in [1.54, 1.807) is 0 Å². The molecule has 8 nitrogen and oxygen atoms in total. The summed E-state index contributed by atoms with van der Waals surface area (Å²) in [6.45, 7) is 0. The minimum atomic E-state index is -0.441. The van der Waals surface area contributed by atoms with E-state index in [4.69, 9.17) is 4.98 Å². The molecule has 6 rings (SSSR count). The third-order valence-corrected chi connectivity index (χ3v) is 6.30. The number of hydrogen-bond acceptors (Lipinski definition) is 7. The first-order chi connectivity index (χ1) is 15.7. The van der Waals surface area contributed by atoms with E-state index in [1.807, 2.05) is 30.5 Å². The minimum absolute atomic E-state index is 0.0631. The van der Waals surface area contributed by atoms with Crippen molar-refractivity contribution in [2.45, 2.75) is 37.4 Å². The Morgan fingerprint density at radius 1 is 1.06 bits per heavy atom. The van der Waals surface area contributed by atoms with E-state index in [9.17, 15) is 9.18 Å². The fourth-order valence-electron chi connectivity index (χ4n) is 4.65. The van der Waals surface area contributed by atoms with Gasteiger partial charge in [-0.05, 0) is 43.5 Å². The van der Waals surface area contributed by atoms with Crippen LogP contribution in [0.5, 0.6) is 0 Å². The van der Waals surface area contributed by atoms with Crippen LogP contribution in [0.2, 0.25) is 0 Å². The molecular formula is C23H20FN7O. The van der Waals surface area contributed by atoms with E-state index < -0.39 is 11.9 Å². The highest BCUT2D eigenvalue weighted by atomic mass is 19.1. The second-order valence-electron chi connectivity index (χ2n) is 8.20. The number of Topliss-reactive ketones (excluding diaryl/α,β-unsaturated/α-hetero) is 1. The number of fused-ring (bicyclic) bond motifs is 2. The highest BCUT2D eigenvalue weighted by molar-refractivity contribution is 6.03. The molecule has 9 heteroatoms. The number of rotatable bonds is 4. The molecule has 2 aliphatic rings. The van der Waals surface area contributed by atoms with Crippen molar-refractivity contribution in [2.75, 3.05) is 0 Å². The van der Waals surface area contributed by atoms with E-state index in [0.717, 1.165) is 29.6 Å². The van der Waals surface area contributed by atoms with Gasteiger partial charge in [0, 0.05) is 17.7 Å². The third-order valence-electron chi connectivity index (χ3n) is 6.30. The van der Waals surface area contributed by atoms with E-state index in [1.165, 1.54) is 35.4 Å². The summed E-state index contributed by atoms with van der Waals surface area (Å²) < 4.78 is 13.9. The van der Waals surface area contributed by atoms with Crippen molar-refractivity contribution in [1.82, 2.24) is 35.4 Å². The standard InChI is InChI=1S/C23H20FN7O/c24-14-5-7-16(21(11-14)31-26-9-10-27-31)23(32)19-8-6-15-12-22(30(15)29-19)20-13-25-17-3-1-2-4-18(17)28-20/h1-5,7,9-11,13,15,19,22,29H,6,8,12H2/t15-,19?,22?/m0/s1. The predicted molar refractivity (Wildman–Crippen MR) is 114 cm³/mol. The summed E-state index contributed by atoms with van der Waals surface area (Å²) in [5.74, 6) is -0.547. The first-order valence-corrected chi connectivity index (χ1v) is 10.6. The molecule has 0 radical (unpaired) electrons. The van der Waals surface area contributed by atoms with E-state index in [-0.39, 0.29) is 11.8 Å². The lowest BCUT2D eigenvalue weighted by molar-refractivity contribution is -0.0766. The minimum Gasteiger partial charge on any atom is -0.292 e. The lowest BCUT2D eigenvalue weighted by Crippen LogP contribution is -2.64. The summed E-state index contributed by atoms with van der Waals surface area (Å²) in [5.41, 5.74) is 6.75. The summed E-state index contributed by atoms with van der Waals surface area (Å²) in [6, 6.07) is 11.9. The molecular weight excluding hydrogens is 409 g/mol. The van der Waals surface area contributed by atoms with Gasteiger partial charge < -0.3 is 0 Å². The fraction of sp³-hybridized carbons (Fsp3) is 0.261. The predicted octanol–water partition coefficient (Wildman–Crippen LogP) is 3.01. The van der Waals surface area contributed by atoms with Crippen molar-refractivity contribution in [1.29, 1.82) is 0 Å². The summed E-state index contributed by atoms with van der Waals surface area (Å²) in [4.78, 5) is 24.0. The molecule has 2 aromatic carbocycles. The zero-order chi connectivity index (χ0) is 21.7. The Hall–Kier alpha value is -3.56. The third kappa shape index (κ3) is 3.17. The largest absolute Gasteiger partial charge is 0.292 e. The molecule has 0 bridgehead atoms. The van der Waals surface area contributed by atoms with Gasteiger partial charge in [0.2, 0.25) is 0 Å². The molecule has 32 heavy (non-hydrogen) atoms. The van der Waals surface area contributed by atoms with Crippen molar-refractivity contribution >= 4 is 16.8 Å². The Labute approximate surface area is 183 Å². The molecule has 0 saturated carbocycles. The quantitative estimate of drug-likeness (QED) is 0.499. The van der Waals surface area contributed by atoms with Crippen molar-refractivity contribution in [3.63, 3.8) is 0 Å². The average Bonchev–Trinajstić information content (AvgIpc) is 3.34. The fourth-order valence-corrected chi connectivity index (χ4v) is 4.65. The zero-order valence-electron chi connectivity index (χ0n) is 17.1. The molecule has 160 valence electrons. The Morgan fingerprint density at radius 3 is 2.72 bits per heavy atom. The van der Waals surface area contributed by atoms with Crippen LogP contribution in [0.15, 0.2) is 61.1 Å². The van der Waals surface area contributed by atoms with Gasteiger partial charge in [-0.3, -0.25) is 9.78 Å². The molecule has 0 spiro atoms. The van der Waals surface area contributed by atoms with Gasteiger partial charge in [0.25, 0.3) is 0 Å². The Kier molecular flexibility index (Phi) is 4.51. The number of hydrogen-bond donors (Lipinski definition) is 1. The first-order valence-electron chi connectivity index (χ1n) is 10.6. The SMILES string of the molecule is O=C(c1ccc(F)cc1-n1nccn1)C1CC[C@H]2CC(c3cnc4ccccc4n3)N2N1. The second-order valence-corrected chi connectivity index (χ2v) is 8.20. The molecule has 3 atom stereocenters. The maximum absolute atomic E-state index is 13.9. The lowest BCUT2D eigenvalue weighted by Gasteiger charge is -2.52. The molecule has 2 fully saturated rings. The summed E-state index contributed by atoms with van der Waals surface area (Å²) >= 11 is 0. The topological polar surface area (TPSA) is 88.8 Å². The number of hydrazine groups is 1. The number of para-hydroxylation sites is 2. The number of carbonyl (C=O) groups is 1. The van der Waals surface area contributed by atoms with Crippen molar-refractivity contribution in [3.05, 3.63) is 78.1 Å². The second kappa shape index (κ2) is 7.54. The molecule has 0 aliphatic carbocycles. The zero-order valence-corrected chi connectivity index (χ0v) is 17.1. The number of nitrogens with one attached hydrogen (secondary N) is 1. The molecule has 4 heterocycles. The normalized spacial score (nSPS) is 23.0. The summed E-state index contributed by atoms with van der Waals surface area (Å²) in [5, 5.41) is 10.3. The smallest absolute Gasteiger partial charge is 0.183 e. The van der Waals surface area contributed by atoms with Crippen molar-refractivity contribution in [3.8, 4) is 5.69 Å². The molecule has 2 unspecified atom stereocenters. The number of benzene rings is 2. The molecule has 2 aromatic heterocycles. The number of carbonyl (C=O) groups excluding carboxylic acids is 1. The number of halogens is 1. The first kappa shape index (κ1) is 19.1. The van der Waals surface area contributed by atoms with Gasteiger partial charge in [0.05, 0.1) is 53.1 Å². The number of nitrogens with zero attached hydrogens (tertiary/aromatic N) is 6. The Morgan fingerprint density at radius 2 is 1.88 bits per heavy atom. The molecule has 2 saturated heterocycles. The lowest BCUT2D eigenvalue weighted by atomic mass is 9.84. The van der Waals surface area contributed by atoms with Crippen LogP contribution in [0.4, 0.5) is 4.39 Å². The van der Waals surface area contributed by atoms with Crippen LogP contribution in [0.25, 0.3) is 16.7 Å². The van der Waals surface area contributed by atoms with Gasteiger partial charge in [-0.1, -0.05) is 12.1 Å². The number of ketones is 1. The van der Waals surface area contributed by atoms with Crippen molar-refractivity contribution in [2.24, 2.45) is 0 Å². The maximum Gasteiger partial charge on any atom is 0.183 e. The summed E-state index contributed by atoms with van der Waals surface area (Å²) in [7, 11) is 0. The van der Waals surface area contributed by atoms with Crippen LogP contribution >= 0.6 is 0 Å². The average molecular weight is 429 g/mol. The van der Waals surface area contributed by atoms with Gasteiger partial charge in [-0.25, -0.2) is 19.8 Å². The van der Waals surface area contributed by atoms with Crippen LogP contribution in [0.1, 0.15) is 41.4 Å². The van der Waals surface area contributed by atoms with Gasteiger partial charge >= 0.3 is 0 Å². The highest BCUT2D eigenvalue weighted by Gasteiger charge is 2.45. The van der Waals surface area contributed by atoms with Gasteiger partial charge in [-0.15, -0.1) is 0 Å². The molecule has 2 aliphatic heterocycles. The van der Waals surface area contributed by atoms with E-state index in [0.29, 0.717) is 23.7 Å². The molecule has 1 N–H and O–H groups in total.